The molecule has 3 nitrogen and oxygen atoms in total. The van der Waals surface area contributed by atoms with E-state index in [1.165, 1.54) is 6.07 Å². The van der Waals surface area contributed by atoms with Crippen LogP contribution in [0.25, 0.3) is 22.3 Å². The molecule has 23 heavy (non-hydrogen) atoms. The minimum absolute atomic E-state index is 0.00669. The predicted molar refractivity (Wildman–Crippen MR) is 90.6 cm³/mol. The van der Waals surface area contributed by atoms with Gasteiger partial charge in [-0.2, -0.15) is 5.10 Å². The Kier molecular flexibility index (Phi) is 4.43. The lowest BCUT2D eigenvalue weighted by Crippen LogP contribution is -2.01. The molecule has 0 radical (unpaired) electrons. The number of pyridine rings is 1. The van der Waals surface area contributed by atoms with E-state index in [1.807, 2.05) is 31.2 Å². The summed E-state index contributed by atoms with van der Waals surface area (Å²) in [5, 5.41) is 4.85. The molecular weight excluding hydrogens is 364 g/mol. The van der Waals surface area contributed by atoms with Gasteiger partial charge in [-0.15, -0.1) is 0 Å². The highest BCUT2D eigenvalue weighted by Crippen LogP contribution is 2.33. The fraction of sp³-hybridized carbons (Fsp3) is 0.294. The summed E-state index contributed by atoms with van der Waals surface area (Å²) < 4.78 is 29.8. The average Bonchev–Trinajstić information content (AvgIpc) is 2.84. The second kappa shape index (κ2) is 6.35. The van der Waals surface area contributed by atoms with Crippen LogP contribution in [0.2, 0.25) is 0 Å². The average molecular weight is 380 g/mol. The van der Waals surface area contributed by atoms with E-state index >= 15 is 0 Å². The summed E-state index contributed by atoms with van der Waals surface area (Å²) in [4.78, 5) is 4.61. The predicted octanol–water partition coefficient (Wildman–Crippen LogP) is 5.52. The second-order valence-corrected chi connectivity index (χ2v) is 6.33. The number of nitrogens with zero attached hydrogens (tertiary/aromatic N) is 3. The fourth-order valence-electron chi connectivity index (χ4n) is 2.70. The summed E-state index contributed by atoms with van der Waals surface area (Å²) in [5.74, 6) is 0. The Labute approximate surface area is 141 Å². The molecule has 0 aliphatic heterocycles. The zero-order valence-electron chi connectivity index (χ0n) is 12.9. The van der Waals surface area contributed by atoms with E-state index < -0.39 is 6.43 Å². The Balaban J connectivity index is 2.27. The fourth-order valence-corrected chi connectivity index (χ4v) is 2.96. The van der Waals surface area contributed by atoms with Crippen LogP contribution in [0.15, 0.2) is 34.8 Å². The van der Waals surface area contributed by atoms with Gasteiger partial charge in [0.25, 0.3) is 6.43 Å². The summed E-state index contributed by atoms with van der Waals surface area (Å²) >= 11 is 3.38. The van der Waals surface area contributed by atoms with Crippen molar-refractivity contribution in [3.05, 3.63) is 46.1 Å². The van der Waals surface area contributed by atoms with Gasteiger partial charge < -0.3 is 0 Å². The lowest BCUT2D eigenvalue weighted by molar-refractivity contribution is 0.153. The van der Waals surface area contributed by atoms with E-state index in [0.717, 1.165) is 16.5 Å². The molecule has 120 valence electrons. The second-order valence-electron chi connectivity index (χ2n) is 5.41. The number of hydrogen-bond acceptors (Lipinski definition) is 2. The molecule has 0 aliphatic rings. The van der Waals surface area contributed by atoms with Crippen molar-refractivity contribution in [1.82, 2.24) is 14.8 Å². The minimum atomic E-state index is -2.56. The lowest BCUT2D eigenvalue weighted by atomic mass is 10.1. The van der Waals surface area contributed by atoms with Crippen LogP contribution in [-0.4, -0.2) is 14.8 Å². The Bertz CT molecular complexity index is 841. The van der Waals surface area contributed by atoms with E-state index in [-0.39, 0.29) is 5.56 Å². The van der Waals surface area contributed by atoms with Crippen molar-refractivity contribution in [2.45, 2.75) is 33.2 Å². The summed E-state index contributed by atoms with van der Waals surface area (Å²) in [6, 6.07) is 8.94. The van der Waals surface area contributed by atoms with Crippen molar-refractivity contribution in [2.24, 2.45) is 0 Å². The molecule has 6 heteroatoms. The summed E-state index contributed by atoms with van der Waals surface area (Å²) in [6.45, 7) is 4.43. The third-order valence-electron chi connectivity index (χ3n) is 3.72. The largest absolute Gasteiger partial charge is 0.264 e. The standard InChI is InChI=1S/C17H16BrF2N3/c1-3-8-23-17-15(10(2)22-23)13(16(19)20)9-14(21-17)11-4-6-12(18)7-5-11/h4-7,9,16H,3,8H2,1-2H3. The molecule has 0 spiro atoms. The van der Waals surface area contributed by atoms with Crippen molar-refractivity contribution < 1.29 is 8.78 Å². The highest BCUT2D eigenvalue weighted by atomic mass is 79.9. The van der Waals surface area contributed by atoms with E-state index in [1.54, 1.807) is 11.6 Å². The number of rotatable bonds is 4. The molecule has 0 saturated carbocycles. The summed E-state index contributed by atoms with van der Waals surface area (Å²) in [6.07, 6.45) is -1.70. The first kappa shape index (κ1) is 16.1. The van der Waals surface area contributed by atoms with Crippen LogP contribution in [0.5, 0.6) is 0 Å². The van der Waals surface area contributed by atoms with Crippen molar-refractivity contribution in [1.29, 1.82) is 0 Å². The van der Waals surface area contributed by atoms with Crippen molar-refractivity contribution in [3.63, 3.8) is 0 Å². The minimum Gasteiger partial charge on any atom is -0.247 e. The maximum Gasteiger partial charge on any atom is 0.264 e. The van der Waals surface area contributed by atoms with Gasteiger partial charge in [0.2, 0.25) is 0 Å². The topological polar surface area (TPSA) is 30.7 Å². The SMILES string of the molecule is CCCn1nc(C)c2c(C(F)F)cc(-c3ccc(Br)cc3)nc21. The molecule has 3 rings (SSSR count). The van der Waals surface area contributed by atoms with Crippen LogP contribution in [0.3, 0.4) is 0 Å². The lowest BCUT2D eigenvalue weighted by Gasteiger charge is -2.08. The first-order valence-electron chi connectivity index (χ1n) is 7.43. The molecule has 3 aromatic rings. The first-order valence-corrected chi connectivity index (χ1v) is 8.22. The number of benzene rings is 1. The van der Waals surface area contributed by atoms with Crippen LogP contribution in [0.4, 0.5) is 8.78 Å². The Morgan fingerprint density at radius 2 is 1.91 bits per heavy atom. The summed E-state index contributed by atoms with van der Waals surface area (Å²) in [7, 11) is 0. The first-order chi connectivity index (χ1) is 11.0. The van der Waals surface area contributed by atoms with Crippen LogP contribution < -0.4 is 0 Å². The van der Waals surface area contributed by atoms with Crippen LogP contribution in [0, 0.1) is 6.92 Å². The molecule has 0 bridgehead atoms. The smallest absolute Gasteiger partial charge is 0.247 e. The van der Waals surface area contributed by atoms with Gasteiger partial charge >= 0.3 is 0 Å². The van der Waals surface area contributed by atoms with Gasteiger partial charge in [0.05, 0.1) is 16.8 Å². The quantitative estimate of drug-likeness (QED) is 0.597. The van der Waals surface area contributed by atoms with Crippen LogP contribution in [-0.2, 0) is 6.54 Å². The molecule has 0 amide bonds. The van der Waals surface area contributed by atoms with E-state index in [9.17, 15) is 8.78 Å². The van der Waals surface area contributed by atoms with Crippen molar-refractivity contribution >= 4 is 27.0 Å². The zero-order valence-corrected chi connectivity index (χ0v) is 14.4. The van der Waals surface area contributed by atoms with Crippen LogP contribution >= 0.6 is 15.9 Å². The highest BCUT2D eigenvalue weighted by molar-refractivity contribution is 9.10. The van der Waals surface area contributed by atoms with E-state index in [2.05, 4.69) is 26.0 Å². The number of halogens is 3. The molecule has 0 saturated heterocycles. The molecule has 0 fully saturated rings. The van der Waals surface area contributed by atoms with Gasteiger partial charge in [-0.05, 0) is 31.5 Å². The molecule has 0 atom stereocenters. The maximum absolute atomic E-state index is 13.6. The molecule has 0 N–H and O–H groups in total. The molecule has 2 aromatic heterocycles. The van der Waals surface area contributed by atoms with Crippen LogP contribution in [0.1, 0.15) is 31.0 Å². The highest BCUT2D eigenvalue weighted by Gasteiger charge is 2.20. The maximum atomic E-state index is 13.6. The summed E-state index contributed by atoms with van der Waals surface area (Å²) in [5.41, 5.74) is 2.46. The van der Waals surface area contributed by atoms with Gasteiger partial charge in [0.1, 0.15) is 0 Å². The normalized spacial score (nSPS) is 11.6. The monoisotopic (exact) mass is 379 g/mol. The third-order valence-corrected chi connectivity index (χ3v) is 4.25. The van der Waals surface area contributed by atoms with E-state index in [4.69, 9.17) is 0 Å². The number of alkyl halides is 2. The van der Waals surface area contributed by atoms with Crippen molar-refractivity contribution in [3.8, 4) is 11.3 Å². The van der Waals surface area contributed by atoms with Gasteiger partial charge in [-0.3, -0.25) is 0 Å². The van der Waals surface area contributed by atoms with Crippen molar-refractivity contribution in [2.75, 3.05) is 0 Å². The van der Waals surface area contributed by atoms with Gasteiger partial charge in [0, 0.05) is 22.1 Å². The number of hydrogen-bond donors (Lipinski definition) is 0. The number of fused-ring (bicyclic) bond motifs is 1. The van der Waals surface area contributed by atoms with Gasteiger partial charge in [-0.25, -0.2) is 18.4 Å². The van der Waals surface area contributed by atoms with Gasteiger partial charge in [0.15, 0.2) is 5.65 Å². The molecular formula is C17H16BrF2N3. The third kappa shape index (κ3) is 3.00. The van der Waals surface area contributed by atoms with Gasteiger partial charge in [-0.1, -0.05) is 35.0 Å². The number of aromatic nitrogens is 3. The zero-order chi connectivity index (χ0) is 16.6. The Morgan fingerprint density at radius 3 is 2.52 bits per heavy atom. The Hall–Kier alpha value is -1.82. The van der Waals surface area contributed by atoms with E-state index in [0.29, 0.717) is 29.0 Å². The molecule has 0 aliphatic carbocycles. The molecule has 2 heterocycles. The Morgan fingerprint density at radius 1 is 1.22 bits per heavy atom. The molecule has 1 aromatic carbocycles. The molecule has 0 unspecified atom stereocenters. The number of aryl methyl sites for hydroxylation is 2.